The van der Waals surface area contributed by atoms with E-state index < -0.39 is 5.60 Å². The number of hydrogen-bond acceptors (Lipinski definition) is 2. The summed E-state index contributed by atoms with van der Waals surface area (Å²) in [4.78, 5) is 4.31. The van der Waals surface area contributed by atoms with Gasteiger partial charge in [0.25, 0.3) is 0 Å². The summed E-state index contributed by atoms with van der Waals surface area (Å²) in [6.45, 7) is 6.50. The van der Waals surface area contributed by atoms with Gasteiger partial charge in [0, 0.05) is 0 Å². The number of benzene rings is 1. The first-order valence-electron chi connectivity index (χ1n) is 5.63. The highest BCUT2D eigenvalue weighted by molar-refractivity contribution is 5.74. The van der Waals surface area contributed by atoms with Crippen molar-refractivity contribution in [2.75, 3.05) is 0 Å². The molecule has 0 fully saturated rings. The first kappa shape index (κ1) is 11.1. The van der Waals surface area contributed by atoms with Crippen molar-refractivity contribution in [2.24, 2.45) is 5.92 Å². The van der Waals surface area contributed by atoms with E-state index in [-0.39, 0.29) is 5.92 Å². The molecule has 2 aromatic rings. The fourth-order valence-corrected chi connectivity index (χ4v) is 1.66. The van der Waals surface area contributed by atoms with Crippen molar-refractivity contribution >= 4 is 11.0 Å². The maximum absolute atomic E-state index is 10.3. The first-order chi connectivity index (χ1) is 7.50. The zero-order chi connectivity index (χ0) is 11.8. The van der Waals surface area contributed by atoms with Gasteiger partial charge in [0.2, 0.25) is 0 Å². The van der Waals surface area contributed by atoms with Crippen LogP contribution >= 0.6 is 0 Å². The van der Waals surface area contributed by atoms with Crippen LogP contribution in [0.15, 0.2) is 30.6 Å². The summed E-state index contributed by atoms with van der Waals surface area (Å²) >= 11 is 0. The van der Waals surface area contributed by atoms with Crippen LogP contribution in [-0.2, 0) is 6.54 Å². The molecule has 1 atom stereocenters. The lowest BCUT2D eigenvalue weighted by Crippen LogP contribution is -2.35. The molecule has 86 valence electrons. The second kappa shape index (κ2) is 3.91. The quantitative estimate of drug-likeness (QED) is 0.859. The molecular formula is C13H18N2O. The summed E-state index contributed by atoms with van der Waals surface area (Å²) in [5, 5.41) is 10.3. The predicted molar refractivity (Wildman–Crippen MR) is 65.2 cm³/mol. The van der Waals surface area contributed by atoms with Gasteiger partial charge in [-0.25, -0.2) is 4.98 Å². The number of fused-ring (bicyclic) bond motifs is 1. The average molecular weight is 218 g/mol. The van der Waals surface area contributed by atoms with Crippen molar-refractivity contribution in [3.63, 3.8) is 0 Å². The molecule has 3 heteroatoms. The highest BCUT2D eigenvalue weighted by Gasteiger charge is 2.25. The molecular weight excluding hydrogens is 200 g/mol. The molecule has 1 heterocycles. The zero-order valence-electron chi connectivity index (χ0n) is 10.0. The van der Waals surface area contributed by atoms with E-state index in [1.54, 1.807) is 6.33 Å². The average Bonchev–Trinajstić information content (AvgIpc) is 2.61. The van der Waals surface area contributed by atoms with E-state index in [0.29, 0.717) is 6.54 Å². The SMILES string of the molecule is CC(C)C(C)(O)Cn1cnc2ccccc21. The maximum Gasteiger partial charge on any atom is 0.0959 e. The minimum atomic E-state index is -0.705. The zero-order valence-corrected chi connectivity index (χ0v) is 10.0. The number of aliphatic hydroxyl groups is 1. The molecule has 2 rings (SSSR count). The number of para-hydroxylation sites is 2. The Kier molecular flexibility index (Phi) is 2.72. The molecule has 0 aliphatic carbocycles. The molecule has 0 bridgehead atoms. The Morgan fingerprint density at radius 1 is 1.38 bits per heavy atom. The van der Waals surface area contributed by atoms with Gasteiger partial charge in [0.15, 0.2) is 0 Å². The molecule has 1 N–H and O–H groups in total. The molecule has 0 aliphatic heterocycles. The van der Waals surface area contributed by atoms with Crippen LogP contribution in [-0.4, -0.2) is 20.3 Å². The van der Waals surface area contributed by atoms with Crippen molar-refractivity contribution in [2.45, 2.75) is 32.9 Å². The van der Waals surface area contributed by atoms with Gasteiger partial charge >= 0.3 is 0 Å². The van der Waals surface area contributed by atoms with Crippen LogP contribution in [0, 0.1) is 5.92 Å². The van der Waals surface area contributed by atoms with E-state index >= 15 is 0 Å². The van der Waals surface area contributed by atoms with E-state index in [1.807, 2.05) is 49.6 Å². The standard InChI is InChI=1S/C13H18N2O/c1-10(2)13(3,16)8-15-9-14-11-6-4-5-7-12(11)15/h4-7,9-10,16H,8H2,1-3H3. The Labute approximate surface area is 95.7 Å². The van der Waals surface area contributed by atoms with Gasteiger partial charge in [-0.3, -0.25) is 0 Å². The number of rotatable bonds is 3. The monoisotopic (exact) mass is 218 g/mol. The fourth-order valence-electron chi connectivity index (χ4n) is 1.66. The Balaban J connectivity index is 2.35. The summed E-state index contributed by atoms with van der Waals surface area (Å²) in [7, 11) is 0. The number of nitrogens with zero attached hydrogens (tertiary/aromatic N) is 2. The Bertz CT molecular complexity index is 485. The minimum absolute atomic E-state index is 0.216. The number of hydrogen-bond donors (Lipinski definition) is 1. The van der Waals surface area contributed by atoms with Crippen LogP contribution in [0.5, 0.6) is 0 Å². The van der Waals surface area contributed by atoms with Crippen LogP contribution < -0.4 is 0 Å². The van der Waals surface area contributed by atoms with Gasteiger partial charge in [-0.15, -0.1) is 0 Å². The molecule has 0 saturated carbocycles. The molecule has 0 amide bonds. The van der Waals surface area contributed by atoms with Crippen molar-refractivity contribution < 1.29 is 5.11 Å². The molecule has 3 nitrogen and oxygen atoms in total. The van der Waals surface area contributed by atoms with Gasteiger partial charge in [-0.2, -0.15) is 0 Å². The topological polar surface area (TPSA) is 38.0 Å². The summed E-state index contributed by atoms with van der Waals surface area (Å²) in [6.07, 6.45) is 1.79. The van der Waals surface area contributed by atoms with E-state index in [0.717, 1.165) is 11.0 Å². The van der Waals surface area contributed by atoms with Crippen molar-refractivity contribution in [3.8, 4) is 0 Å². The highest BCUT2D eigenvalue weighted by atomic mass is 16.3. The van der Waals surface area contributed by atoms with Crippen LogP contribution in [0.1, 0.15) is 20.8 Å². The van der Waals surface area contributed by atoms with Crippen LogP contribution in [0.3, 0.4) is 0 Å². The minimum Gasteiger partial charge on any atom is -0.388 e. The second-order valence-electron chi connectivity index (χ2n) is 4.87. The first-order valence-corrected chi connectivity index (χ1v) is 5.63. The number of aromatic nitrogens is 2. The lowest BCUT2D eigenvalue weighted by molar-refractivity contribution is -0.00178. The van der Waals surface area contributed by atoms with Crippen molar-refractivity contribution in [1.82, 2.24) is 9.55 Å². The van der Waals surface area contributed by atoms with Gasteiger partial charge in [-0.1, -0.05) is 26.0 Å². The largest absolute Gasteiger partial charge is 0.388 e. The van der Waals surface area contributed by atoms with E-state index in [2.05, 4.69) is 4.98 Å². The van der Waals surface area contributed by atoms with Gasteiger partial charge < -0.3 is 9.67 Å². The normalized spacial score (nSPS) is 15.6. The lowest BCUT2D eigenvalue weighted by atomic mass is 9.92. The predicted octanol–water partition coefficient (Wildman–Crippen LogP) is 2.44. The summed E-state index contributed by atoms with van der Waals surface area (Å²) < 4.78 is 2.01. The smallest absolute Gasteiger partial charge is 0.0959 e. The lowest BCUT2D eigenvalue weighted by Gasteiger charge is -2.28. The molecule has 0 radical (unpaired) electrons. The molecule has 0 spiro atoms. The third kappa shape index (κ3) is 1.95. The third-order valence-corrected chi connectivity index (χ3v) is 3.26. The van der Waals surface area contributed by atoms with Gasteiger partial charge in [0.05, 0.1) is 29.5 Å². The summed E-state index contributed by atoms with van der Waals surface area (Å²) in [5.41, 5.74) is 1.34. The molecule has 0 saturated heterocycles. The van der Waals surface area contributed by atoms with Crippen LogP contribution in [0.4, 0.5) is 0 Å². The van der Waals surface area contributed by atoms with Gasteiger partial charge in [-0.05, 0) is 25.0 Å². The number of imidazole rings is 1. The van der Waals surface area contributed by atoms with Crippen molar-refractivity contribution in [1.29, 1.82) is 0 Å². The Morgan fingerprint density at radius 3 is 2.75 bits per heavy atom. The molecule has 1 aromatic heterocycles. The van der Waals surface area contributed by atoms with Crippen LogP contribution in [0.25, 0.3) is 11.0 Å². The van der Waals surface area contributed by atoms with Crippen LogP contribution in [0.2, 0.25) is 0 Å². The molecule has 16 heavy (non-hydrogen) atoms. The Hall–Kier alpha value is -1.35. The third-order valence-electron chi connectivity index (χ3n) is 3.26. The van der Waals surface area contributed by atoms with E-state index in [4.69, 9.17) is 0 Å². The molecule has 0 aliphatic rings. The maximum atomic E-state index is 10.3. The van der Waals surface area contributed by atoms with Crippen molar-refractivity contribution in [3.05, 3.63) is 30.6 Å². The molecule has 1 unspecified atom stereocenters. The van der Waals surface area contributed by atoms with E-state index in [9.17, 15) is 5.11 Å². The van der Waals surface area contributed by atoms with Gasteiger partial charge in [0.1, 0.15) is 0 Å². The highest BCUT2D eigenvalue weighted by Crippen LogP contribution is 2.21. The van der Waals surface area contributed by atoms with E-state index in [1.165, 1.54) is 0 Å². The fraction of sp³-hybridized carbons (Fsp3) is 0.462. The summed E-state index contributed by atoms with van der Waals surface area (Å²) in [6, 6.07) is 7.97. The second-order valence-corrected chi connectivity index (χ2v) is 4.87. The molecule has 1 aromatic carbocycles. The summed E-state index contributed by atoms with van der Waals surface area (Å²) in [5.74, 6) is 0.216. The Morgan fingerprint density at radius 2 is 2.06 bits per heavy atom.